The molecule has 3 heterocycles. The Morgan fingerprint density at radius 2 is 2.13 bits per heavy atom. The second kappa shape index (κ2) is 7.84. The molecule has 1 unspecified atom stereocenters. The number of carbonyl (C=O) groups is 1. The summed E-state index contributed by atoms with van der Waals surface area (Å²) in [6.07, 6.45) is 2.83. The van der Waals surface area contributed by atoms with Crippen molar-refractivity contribution in [2.75, 3.05) is 17.1 Å². The highest BCUT2D eigenvalue weighted by Gasteiger charge is 2.37. The van der Waals surface area contributed by atoms with Gasteiger partial charge in [0, 0.05) is 24.7 Å². The number of aromatic nitrogens is 3. The summed E-state index contributed by atoms with van der Waals surface area (Å²) in [5, 5.41) is 11.4. The monoisotopic (exact) mass is 445 g/mol. The molecule has 10 heteroatoms. The summed E-state index contributed by atoms with van der Waals surface area (Å²) >= 11 is 1.58. The van der Waals surface area contributed by atoms with Crippen LogP contribution in [0.5, 0.6) is 0 Å². The van der Waals surface area contributed by atoms with Crippen molar-refractivity contribution in [1.82, 2.24) is 20.1 Å². The van der Waals surface area contributed by atoms with Gasteiger partial charge in [0.25, 0.3) is 5.91 Å². The Balaban J connectivity index is 1.67. The number of amides is 1. The highest BCUT2D eigenvalue weighted by molar-refractivity contribution is 7.92. The minimum atomic E-state index is -3.47. The first-order chi connectivity index (χ1) is 14.2. The number of thiophene rings is 1. The Kier molecular flexibility index (Phi) is 5.37. The van der Waals surface area contributed by atoms with Gasteiger partial charge in [0.05, 0.1) is 17.9 Å². The van der Waals surface area contributed by atoms with Crippen molar-refractivity contribution in [1.29, 1.82) is 0 Å². The molecule has 1 amide bonds. The van der Waals surface area contributed by atoms with Crippen molar-refractivity contribution < 1.29 is 13.2 Å². The van der Waals surface area contributed by atoms with E-state index in [1.165, 1.54) is 10.6 Å². The lowest BCUT2D eigenvalue weighted by atomic mass is 9.98. The van der Waals surface area contributed by atoms with Gasteiger partial charge in [0.15, 0.2) is 5.82 Å². The summed E-state index contributed by atoms with van der Waals surface area (Å²) < 4.78 is 27.8. The molecule has 0 saturated carbocycles. The summed E-state index contributed by atoms with van der Waals surface area (Å²) in [6, 6.07) is 7.21. The fourth-order valence-electron chi connectivity index (χ4n) is 3.47. The Morgan fingerprint density at radius 1 is 1.33 bits per heavy atom. The van der Waals surface area contributed by atoms with Gasteiger partial charge in [0.2, 0.25) is 10.0 Å². The largest absolute Gasteiger partial charge is 0.348 e. The number of benzene rings is 1. The molecule has 4 rings (SSSR count). The molecule has 1 atom stereocenters. The molecule has 0 aliphatic carbocycles. The van der Waals surface area contributed by atoms with Crippen LogP contribution in [0.2, 0.25) is 0 Å². The predicted octanol–water partition coefficient (Wildman–Crippen LogP) is 2.76. The van der Waals surface area contributed by atoms with Gasteiger partial charge in [0.1, 0.15) is 6.33 Å². The highest BCUT2D eigenvalue weighted by Crippen LogP contribution is 2.41. The van der Waals surface area contributed by atoms with E-state index >= 15 is 0 Å². The number of anilines is 1. The number of hydrogen-bond donors (Lipinski definition) is 1. The van der Waals surface area contributed by atoms with Gasteiger partial charge >= 0.3 is 0 Å². The van der Waals surface area contributed by atoms with Crippen LogP contribution in [-0.4, -0.2) is 41.9 Å². The molecule has 1 N–H and O–H groups in total. The van der Waals surface area contributed by atoms with E-state index in [-0.39, 0.29) is 24.4 Å². The average molecular weight is 446 g/mol. The Morgan fingerprint density at radius 3 is 2.77 bits per heavy atom. The first-order valence-electron chi connectivity index (χ1n) is 9.56. The third kappa shape index (κ3) is 3.97. The lowest BCUT2D eigenvalue weighted by Crippen LogP contribution is -2.29. The molecule has 0 spiro atoms. The maximum absolute atomic E-state index is 12.7. The number of nitrogens with one attached hydrogen (secondary N) is 1. The summed E-state index contributed by atoms with van der Waals surface area (Å²) in [5.41, 5.74) is 2.83. The van der Waals surface area contributed by atoms with Crippen molar-refractivity contribution in [3.8, 4) is 0 Å². The SMILES string of the molecule is CC(C)n1cnc(C2CN(S(C)(=O)=O)c3ccc(C(=O)NCc4ccsc4)cc32)n1. The van der Waals surface area contributed by atoms with Gasteiger partial charge in [-0.3, -0.25) is 13.8 Å². The second-order valence-corrected chi connectivity index (χ2v) is 10.3. The third-order valence-electron chi connectivity index (χ3n) is 5.08. The molecule has 0 bridgehead atoms. The Hall–Kier alpha value is -2.72. The van der Waals surface area contributed by atoms with Crippen LogP contribution in [-0.2, 0) is 16.6 Å². The molecule has 0 saturated heterocycles. The normalized spacial score (nSPS) is 16.1. The lowest BCUT2D eigenvalue weighted by molar-refractivity contribution is 0.0951. The standard InChI is InChI=1S/C20H23N5O3S2/c1-13(2)24-12-22-19(23-24)17-10-25(30(3,27)28)18-5-4-15(8-16(17)18)20(26)21-9-14-6-7-29-11-14/h4-8,11-13,17H,9-10H2,1-3H3,(H,21,26). The summed E-state index contributed by atoms with van der Waals surface area (Å²) in [6.45, 7) is 4.66. The van der Waals surface area contributed by atoms with E-state index in [9.17, 15) is 13.2 Å². The molecule has 1 aliphatic heterocycles. The Bertz CT molecular complexity index is 1170. The van der Waals surface area contributed by atoms with E-state index in [4.69, 9.17) is 0 Å². The van der Waals surface area contributed by atoms with Crippen molar-refractivity contribution in [2.24, 2.45) is 0 Å². The molecule has 0 radical (unpaired) electrons. The minimum Gasteiger partial charge on any atom is -0.348 e. The van der Waals surface area contributed by atoms with Crippen molar-refractivity contribution in [3.63, 3.8) is 0 Å². The molecule has 1 aliphatic rings. The van der Waals surface area contributed by atoms with Crippen molar-refractivity contribution in [2.45, 2.75) is 32.4 Å². The highest BCUT2D eigenvalue weighted by atomic mass is 32.2. The van der Waals surface area contributed by atoms with Gasteiger partial charge < -0.3 is 5.32 Å². The van der Waals surface area contributed by atoms with Crippen LogP contribution in [0.4, 0.5) is 5.69 Å². The fraction of sp³-hybridized carbons (Fsp3) is 0.350. The van der Waals surface area contributed by atoms with Crippen molar-refractivity contribution in [3.05, 3.63) is 63.9 Å². The van der Waals surface area contributed by atoms with Crippen LogP contribution < -0.4 is 9.62 Å². The van der Waals surface area contributed by atoms with Gasteiger partial charge in [-0.25, -0.2) is 13.4 Å². The number of fused-ring (bicyclic) bond motifs is 1. The molecule has 0 fully saturated rings. The molecular formula is C20H23N5O3S2. The summed E-state index contributed by atoms with van der Waals surface area (Å²) in [5.74, 6) is 0.00695. The number of nitrogens with zero attached hydrogens (tertiary/aromatic N) is 4. The first-order valence-corrected chi connectivity index (χ1v) is 12.3. The zero-order valence-electron chi connectivity index (χ0n) is 16.9. The van der Waals surface area contributed by atoms with Gasteiger partial charge in [-0.05, 0) is 60.0 Å². The molecule has 1 aromatic carbocycles. The van der Waals surface area contributed by atoms with E-state index < -0.39 is 10.0 Å². The molecule has 30 heavy (non-hydrogen) atoms. The van der Waals surface area contributed by atoms with E-state index in [2.05, 4.69) is 15.4 Å². The molecular weight excluding hydrogens is 422 g/mol. The van der Waals surface area contributed by atoms with Crippen LogP contribution in [0.3, 0.4) is 0 Å². The van der Waals surface area contributed by atoms with E-state index in [0.29, 0.717) is 23.6 Å². The summed E-state index contributed by atoms with van der Waals surface area (Å²) in [4.78, 5) is 17.1. The van der Waals surface area contributed by atoms with Gasteiger partial charge in [-0.15, -0.1) is 0 Å². The van der Waals surface area contributed by atoms with Crippen LogP contribution in [0.15, 0.2) is 41.4 Å². The topological polar surface area (TPSA) is 97.2 Å². The quantitative estimate of drug-likeness (QED) is 0.629. The summed E-state index contributed by atoms with van der Waals surface area (Å²) in [7, 11) is -3.47. The number of rotatable bonds is 6. The predicted molar refractivity (Wildman–Crippen MR) is 116 cm³/mol. The van der Waals surface area contributed by atoms with Gasteiger partial charge in [-0.1, -0.05) is 0 Å². The molecule has 3 aromatic rings. The van der Waals surface area contributed by atoms with E-state index in [1.807, 2.05) is 30.7 Å². The maximum Gasteiger partial charge on any atom is 0.251 e. The maximum atomic E-state index is 12.7. The minimum absolute atomic E-state index is 0.146. The van der Waals surface area contributed by atoms with Crippen LogP contribution in [0, 0.1) is 0 Å². The number of hydrogen-bond acceptors (Lipinski definition) is 6. The molecule has 158 valence electrons. The smallest absolute Gasteiger partial charge is 0.251 e. The van der Waals surface area contributed by atoms with Gasteiger partial charge in [-0.2, -0.15) is 16.4 Å². The second-order valence-electron chi connectivity index (χ2n) is 7.61. The molecule has 2 aromatic heterocycles. The third-order valence-corrected chi connectivity index (χ3v) is 6.96. The van der Waals surface area contributed by atoms with Crippen LogP contribution in [0.1, 0.15) is 53.1 Å². The van der Waals surface area contributed by atoms with Crippen molar-refractivity contribution >= 4 is 33.0 Å². The first kappa shape index (κ1) is 20.5. The average Bonchev–Trinajstić information content (AvgIpc) is 3.43. The lowest BCUT2D eigenvalue weighted by Gasteiger charge is -2.16. The number of sulfonamides is 1. The van der Waals surface area contributed by atoms with E-state index in [0.717, 1.165) is 11.1 Å². The Labute approximate surface area is 179 Å². The fourth-order valence-corrected chi connectivity index (χ4v) is 5.09. The molecule has 8 nitrogen and oxygen atoms in total. The van der Waals surface area contributed by atoms with Crippen LogP contribution in [0.25, 0.3) is 0 Å². The zero-order valence-corrected chi connectivity index (χ0v) is 18.6. The van der Waals surface area contributed by atoms with E-state index in [1.54, 1.807) is 40.5 Å². The number of carbonyl (C=O) groups excluding carboxylic acids is 1. The van der Waals surface area contributed by atoms with Crippen LogP contribution >= 0.6 is 11.3 Å². The zero-order chi connectivity index (χ0) is 21.5.